The molecular formula is C23H27N3O4. The van der Waals surface area contributed by atoms with Gasteiger partial charge in [0.25, 0.3) is 0 Å². The summed E-state index contributed by atoms with van der Waals surface area (Å²) in [5.41, 5.74) is 2.67. The molecule has 0 aliphatic carbocycles. The van der Waals surface area contributed by atoms with E-state index < -0.39 is 0 Å². The number of likely N-dealkylation sites (N-methyl/N-ethyl adjacent to an activating group) is 1. The van der Waals surface area contributed by atoms with E-state index in [1.54, 1.807) is 31.3 Å². The number of hydrogen-bond acceptors (Lipinski definition) is 5. The van der Waals surface area contributed by atoms with Crippen molar-refractivity contribution in [1.82, 2.24) is 9.88 Å². The van der Waals surface area contributed by atoms with Gasteiger partial charge in [-0.15, -0.1) is 0 Å². The van der Waals surface area contributed by atoms with Crippen LogP contribution in [0.3, 0.4) is 0 Å². The van der Waals surface area contributed by atoms with Crippen LogP contribution in [0, 0.1) is 0 Å². The Morgan fingerprint density at radius 2 is 2.13 bits per heavy atom. The maximum Gasteiger partial charge on any atom is 0.246 e. The second-order valence-electron chi connectivity index (χ2n) is 7.47. The van der Waals surface area contributed by atoms with Gasteiger partial charge in [0.15, 0.2) is 11.5 Å². The molecule has 0 bridgehead atoms. The van der Waals surface area contributed by atoms with Crippen LogP contribution in [0.5, 0.6) is 11.5 Å². The number of ether oxygens (including phenoxy) is 2. The van der Waals surface area contributed by atoms with Gasteiger partial charge in [-0.25, -0.2) is 4.98 Å². The van der Waals surface area contributed by atoms with E-state index in [9.17, 15) is 9.59 Å². The Morgan fingerprint density at radius 3 is 2.87 bits per heavy atom. The van der Waals surface area contributed by atoms with Gasteiger partial charge in [-0.05, 0) is 49.6 Å². The number of para-hydroxylation sites is 1. The number of anilines is 1. The number of nitrogens with one attached hydrogen (secondary N) is 1. The van der Waals surface area contributed by atoms with Crippen molar-refractivity contribution in [2.75, 3.05) is 19.5 Å². The molecule has 0 spiro atoms. The minimum absolute atomic E-state index is 0.0118. The number of methoxy groups -OCH3 is 1. The lowest BCUT2D eigenvalue weighted by Gasteiger charge is -2.21. The second kappa shape index (κ2) is 9.43. The third-order valence-corrected chi connectivity index (χ3v) is 4.70. The van der Waals surface area contributed by atoms with Gasteiger partial charge in [-0.2, -0.15) is 0 Å². The van der Waals surface area contributed by atoms with Gasteiger partial charge < -0.3 is 19.7 Å². The molecule has 30 heavy (non-hydrogen) atoms. The Bertz CT molecular complexity index is 969. The van der Waals surface area contributed by atoms with E-state index >= 15 is 0 Å². The zero-order valence-electron chi connectivity index (χ0n) is 17.8. The Kier molecular flexibility index (Phi) is 6.72. The molecule has 2 aromatic rings. The van der Waals surface area contributed by atoms with E-state index in [1.165, 1.54) is 6.08 Å². The number of amides is 2. The van der Waals surface area contributed by atoms with Crippen molar-refractivity contribution in [3.63, 3.8) is 0 Å². The summed E-state index contributed by atoms with van der Waals surface area (Å²) in [5, 5.41) is 2.75. The number of carbonyl (C=O) groups is 2. The lowest BCUT2D eigenvalue weighted by Crippen LogP contribution is -2.24. The quantitative estimate of drug-likeness (QED) is 0.709. The molecule has 1 aromatic carbocycles. The first kappa shape index (κ1) is 21.4. The van der Waals surface area contributed by atoms with Gasteiger partial charge in [0.1, 0.15) is 5.82 Å². The summed E-state index contributed by atoms with van der Waals surface area (Å²) in [5.74, 6) is 1.74. The van der Waals surface area contributed by atoms with Gasteiger partial charge in [0, 0.05) is 37.8 Å². The zero-order chi connectivity index (χ0) is 21.7. The van der Waals surface area contributed by atoms with Gasteiger partial charge in [-0.1, -0.05) is 12.1 Å². The minimum Gasteiger partial charge on any atom is -0.493 e. The Morgan fingerprint density at radius 1 is 1.33 bits per heavy atom. The summed E-state index contributed by atoms with van der Waals surface area (Å²) < 4.78 is 11.3. The van der Waals surface area contributed by atoms with Crippen LogP contribution in [0.4, 0.5) is 5.82 Å². The highest BCUT2D eigenvalue weighted by atomic mass is 16.5. The van der Waals surface area contributed by atoms with E-state index in [-0.39, 0.29) is 17.9 Å². The highest BCUT2D eigenvalue weighted by molar-refractivity contribution is 5.93. The fourth-order valence-corrected chi connectivity index (χ4v) is 3.21. The summed E-state index contributed by atoms with van der Waals surface area (Å²) >= 11 is 0. The van der Waals surface area contributed by atoms with Crippen molar-refractivity contribution in [3.05, 3.63) is 53.2 Å². The SMILES string of the molecule is COc1cccc(CN(C)C(=O)C=Cc2cnc3c(c2)CCC(=O)N3)c1OC(C)C. The topological polar surface area (TPSA) is 80.8 Å². The number of aromatic nitrogens is 1. The van der Waals surface area contributed by atoms with E-state index in [2.05, 4.69) is 10.3 Å². The second-order valence-corrected chi connectivity index (χ2v) is 7.47. The summed E-state index contributed by atoms with van der Waals surface area (Å²) in [6.45, 7) is 4.29. The van der Waals surface area contributed by atoms with Crippen LogP contribution in [0.2, 0.25) is 0 Å². The first-order chi connectivity index (χ1) is 14.4. The number of fused-ring (bicyclic) bond motifs is 1. The molecular weight excluding hydrogens is 382 g/mol. The van der Waals surface area contributed by atoms with Gasteiger partial charge in [-0.3, -0.25) is 9.59 Å². The summed E-state index contributed by atoms with van der Waals surface area (Å²) in [7, 11) is 3.34. The third-order valence-electron chi connectivity index (χ3n) is 4.70. The highest BCUT2D eigenvalue weighted by Gasteiger charge is 2.17. The first-order valence-corrected chi connectivity index (χ1v) is 9.92. The Balaban J connectivity index is 1.70. The van der Waals surface area contributed by atoms with Gasteiger partial charge in [0.05, 0.1) is 13.2 Å². The van der Waals surface area contributed by atoms with Crippen LogP contribution in [0.15, 0.2) is 36.5 Å². The van der Waals surface area contributed by atoms with Crippen LogP contribution in [-0.4, -0.2) is 42.0 Å². The molecule has 7 nitrogen and oxygen atoms in total. The zero-order valence-corrected chi connectivity index (χ0v) is 17.8. The van der Waals surface area contributed by atoms with Crippen LogP contribution in [-0.2, 0) is 22.6 Å². The molecule has 0 saturated heterocycles. The molecule has 2 heterocycles. The number of aryl methyl sites for hydroxylation is 1. The minimum atomic E-state index is -0.139. The fraction of sp³-hybridized carbons (Fsp3) is 0.348. The number of hydrogen-bond donors (Lipinski definition) is 1. The summed E-state index contributed by atoms with van der Waals surface area (Å²) in [6, 6.07) is 7.60. The molecule has 7 heteroatoms. The maximum absolute atomic E-state index is 12.6. The number of benzene rings is 1. The van der Waals surface area contributed by atoms with Crippen LogP contribution in [0.1, 0.15) is 37.0 Å². The lowest BCUT2D eigenvalue weighted by atomic mass is 10.0. The maximum atomic E-state index is 12.6. The Hall–Kier alpha value is -3.35. The molecule has 1 N–H and O–H groups in total. The van der Waals surface area contributed by atoms with E-state index in [1.807, 2.05) is 38.1 Å². The van der Waals surface area contributed by atoms with Crippen molar-refractivity contribution < 1.29 is 19.1 Å². The molecule has 3 rings (SSSR count). The van der Waals surface area contributed by atoms with E-state index in [0.717, 1.165) is 16.7 Å². The lowest BCUT2D eigenvalue weighted by molar-refractivity contribution is -0.125. The monoisotopic (exact) mass is 409 g/mol. The third kappa shape index (κ3) is 5.17. The number of nitrogens with zero attached hydrogens (tertiary/aromatic N) is 2. The Labute approximate surface area is 176 Å². The molecule has 1 aliphatic rings. The molecule has 158 valence electrons. The van der Waals surface area contributed by atoms with Crippen molar-refractivity contribution in [3.8, 4) is 11.5 Å². The number of pyridine rings is 1. The predicted octanol–water partition coefficient (Wildman–Crippen LogP) is 3.43. The molecule has 0 atom stereocenters. The number of rotatable bonds is 7. The van der Waals surface area contributed by atoms with Crippen molar-refractivity contribution >= 4 is 23.7 Å². The average Bonchev–Trinajstić information content (AvgIpc) is 2.72. The summed E-state index contributed by atoms with van der Waals surface area (Å²) in [4.78, 5) is 30.0. The molecule has 1 aliphatic heterocycles. The van der Waals surface area contributed by atoms with Crippen LogP contribution < -0.4 is 14.8 Å². The molecule has 0 saturated carbocycles. The average molecular weight is 409 g/mol. The van der Waals surface area contributed by atoms with Gasteiger partial charge in [0.2, 0.25) is 11.8 Å². The smallest absolute Gasteiger partial charge is 0.246 e. The normalized spacial score (nSPS) is 13.2. The molecule has 0 unspecified atom stereocenters. The standard InChI is InChI=1S/C23H27N3O4/c1-15(2)30-22-18(6-5-7-19(22)29-4)14-26(3)21(28)11-8-16-12-17-9-10-20(27)25-23(17)24-13-16/h5-8,11-13,15H,9-10,14H2,1-4H3,(H,24,25,27). The summed E-state index contributed by atoms with van der Waals surface area (Å²) in [6.07, 6.45) is 5.99. The fourth-order valence-electron chi connectivity index (χ4n) is 3.21. The first-order valence-electron chi connectivity index (χ1n) is 9.92. The van der Waals surface area contributed by atoms with E-state index in [4.69, 9.17) is 9.47 Å². The van der Waals surface area contributed by atoms with E-state index in [0.29, 0.717) is 36.7 Å². The predicted molar refractivity (Wildman–Crippen MR) is 115 cm³/mol. The van der Waals surface area contributed by atoms with Gasteiger partial charge >= 0.3 is 0 Å². The molecule has 1 aromatic heterocycles. The largest absolute Gasteiger partial charge is 0.493 e. The highest BCUT2D eigenvalue weighted by Crippen LogP contribution is 2.32. The van der Waals surface area contributed by atoms with Crippen LogP contribution >= 0.6 is 0 Å². The molecule has 0 fully saturated rings. The number of carbonyl (C=O) groups excluding carboxylic acids is 2. The molecule has 0 radical (unpaired) electrons. The van der Waals surface area contributed by atoms with Crippen molar-refractivity contribution in [2.24, 2.45) is 0 Å². The van der Waals surface area contributed by atoms with Crippen molar-refractivity contribution in [1.29, 1.82) is 0 Å². The molecule has 2 amide bonds. The van der Waals surface area contributed by atoms with Crippen molar-refractivity contribution in [2.45, 2.75) is 39.3 Å². The van der Waals surface area contributed by atoms with Crippen LogP contribution in [0.25, 0.3) is 6.08 Å².